The number of rotatable bonds is 5. The second-order valence-corrected chi connectivity index (χ2v) is 12.3. The molecular weight excluding hydrogens is 561 g/mol. The van der Waals surface area contributed by atoms with Gasteiger partial charge in [0.2, 0.25) is 0 Å². The summed E-state index contributed by atoms with van der Waals surface area (Å²) in [5, 5.41) is 6.36. The lowest BCUT2D eigenvalue weighted by Gasteiger charge is -2.15. The number of carbonyl (C=O) groups is 1. The summed E-state index contributed by atoms with van der Waals surface area (Å²) in [6.45, 7) is 7.28. The minimum absolute atomic E-state index is 0.194. The number of benzene rings is 2. The lowest BCUT2D eigenvalue weighted by Crippen LogP contribution is -2.35. The number of nitrogens with zero attached hydrogens (tertiary/aromatic N) is 4. The topological polar surface area (TPSA) is 122 Å². The lowest BCUT2D eigenvalue weighted by molar-refractivity contribution is -0.112. The van der Waals surface area contributed by atoms with E-state index in [0.717, 1.165) is 15.6 Å². The van der Waals surface area contributed by atoms with Crippen molar-refractivity contribution in [3.63, 3.8) is 0 Å². The van der Waals surface area contributed by atoms with E-state index in [1.807, 2.05) is 30.1 Å². The van der Waals surface area contributed by atoms with Crippen LogP contribution in [0.1, 0.15) is 12.5 Å². The zero-order valence-corrected chi connectivity index (χ0v) is 23.9. The molecule has 10 nitrogen and oxygen atoms in total. The molecule has 0 atom stereocenters. The molecule has 1 aromatic heterocycles. The van der Waals surface area contributed by atoms with Gasteiger partial charge in [-0.2, -0.15) is 18.5 Å². The average Bonchev–Trinajstić information content (AvgIpc) is 3.49. The predicted octanol–water partition coefficient (Wildman–Crippen LogP) is 2.54. The monoisotopic (exact) mass is 584 g/mol. The van der Waals surface area contributed by atoms with Gasteiger partial charge in [-0.1, -0.05) is 17.8 Å². The highest BCUT2D eigenvalue weighted by Gasteiger charge is 2.33. The third-order valence-electron chi connectivity index (χ3n) is 6.35. The van der Waals surface area contributed by atoms with Crippen LogP contribution < -0.4 is 29.4 Å². The van der Waals surface area contributed by atoms with E-state index in [1.165, 1.54) is 50.9 Å². The third kappa shape index (κ3) is 4.50. The fraction of sp³-hybridized carbons (Fsp3) is 0.192. The van der Waals surface area contributed by atoms with Crippen molar-refractivity contribution < 1.29 is 22.5 Å². The normalized spacial score (nSPS) is 18.0. The van der Waals surface area contributed by atoms with Crippen molar-refractivity contribution in [2.75, 3.05) is 24.1 Å². The van der Waals surface area contributed by atoms with Gasteiger partial charge >= 0.3 is 0 Å². The van der Waals surface area contributed by atoms with Crippen LogP contribution >= 0.6 is 23.1 Å². The highest BCUT2D eigenvalue weighted by atomic mass is 32.2. The molecule has 0 aliphatic carbocycles. The molecule has 39 heavy (non-hydrogen) atoms. The number of carbonyl (C=O) groups excluding carboxylic acids is 1. The molecule has 0 bridgehead atoms. The van der Waals surface area contributed by atoms with E-state index in [9.17, 15) is 22.6 Å². The fourth-order valence-corrected chi connectivity index (χ4v) is 7.52. The van der Waals surface area contributed by atoms with Gasteiger partial charge < -0.3 is 9.64 Å². The molecule has 3 aromatic rings. The van der Waals surface area contributed by atoms with E-state index in [1.54, 1.807) is 27.0 Å². The summed E-state index contributed by atoms with van der Waals surface area (Å²) in [7, 11) is -0.921. The van der Waals surface area contributed by atoms with Crippen molar-refractivity contribution in [3.8, 4) is 5.75 Å². The molecular formula is C26H24N4O6S3. The van der Waals surface area contributed by atoms with Crippen molar-refractivity contribution in [2.24, 2.45) is 5.10 Å². The first-order valence-corrected chi connectivity index (χ1v) is 14.7. The lowest BCUT2D eigenvalue weighted by atomic mass is 10.1. The summed E-state index contributed by atoms with van der Waals surface area (Å²) in [4.78, 5) is 30.0. The van der Waals surface area contributed by atoms with Crippen LogP contribution in [0.5, 0.6) is 5.75 Å². The average molecular weight is 585 g/mol. The summed E-state index contributed by atoms with van der Waals surface area (Å²) >= 11 is 2.69. The number of aryl methyl sites for hydroxylation is 1. The number of thiazole rings is 1. The number of allylic oxidation sites excluding steroid dienone is 1. The number of fused-ring (bicyclic) bond motifs is 1. The Balaban J connectivity index is 1.68. The van der Waals surface area contributed by atoms with Gasteiger partial charge in [-0.15, -0.1) is 17.9 Å². The van der Waals surface area contributed by atoms with Crippen LogP contribution in [0, 0.1) is 6.92 Å². The molecule has 2 aliphatic rings. The van der Waals surface area contributed by atoms with Crippen molar-refractivity contribution in [2.45, 2.75) is 30.2 Å². The Labute approximate surface area is 232 Å². The first-order valence-electron chi connectivity index (χ1n) is 11.6. The number of amides is 1. The molecule has 3 heterocycles. The van der Waals surface area contributed by atoms with Crippen molar-refractivity contribution in [1.82, 2.24) is 4.57 Å². The molecule has 1 N–H and O–H groups in total. The number of hydrogen-bond acceptors (Lipinski definition) is 9. The van der Waals surface area contributed by atoms with E-state index in [2.05, 4.69) is 11.7 Å². The van der Waals surface area contributed by atoms with E-state index < -0.39 is 16.0 Å². The maximum absolute atomic E-state index is 13.7. The molecule has 0 saturated carbocycles. The third-order valence-corrected chi connectivity index (χ3v) is 9.76. The summed E-state index contributed by atoms with van der Waals surface area (Å²) in [6.07, 6.45) is 1.60. The number of thioether (sulfide) groups is 1. The number of methoxy groups -OCH3 is 1. The van der Waals surface area contributed by atoms with Gasteiger partial charge in [0, 0.05) is 24.6 Å². The smallest absolute Gasteiger partial charge is 0.294 e. The quantitative estimate of drug-likeness (QED) is 0.359. The highest BCUT2D eigenvalue weighted by molar-refractivity contribution is 8.08. The van der Waals surface area contributed by atoms with Crippen molar-refractivity contribution in [3.05, 3.63) is 74.2 Å². The van der Waals surface area contributed by atoms with Gasteiger partial charge in [0.05, 0.1) is 34.7 Å². The Hall–Kier alpha value is -3.65. The molecule has 13 heteroatoms. The zero-order chi connectivity index (χ0) is 28.2. The van der Waals surface area contributed by atoms with Gasteiger partial charge in [0.1, 0.15) is 20.0 Å². The van der Waals surface area contributed by atoms with Crippen molar-refractivity contribution >= 4 is 66.8 Å². The number of hydrogen-bond donors (Lipinski definition) is 1. The second kappa shape index (κ2) is 9.83. The maximum atomic E-state index is 13.7. The molecule has 1 amide bonds. The first kappa shape index (κ1) is 26.9. The standard InChI is InChI=1S/C26H24N4O6S3/c1-6-11-29-24(32)22(26-28(4)19-13-16(36-5)7-10-20(19)37-26)38-25(29)21-15(3)27-30(23(21)31)18-9-8-17(12-14(18)2)39(33,34)35/h6-10,12-13H,1,11H2,2-5H3,(H,33,34,35)/b25-21-,26-22-. The number of ether oxygens (including phenoxy) is 1. The Morgan fingerprint density at radius 2 is 1.87 bits per heavy atom. The van der Waals surface area contributed by atoms with Crippen LogP contribution in [-0.2, 0) is 21.5 Å². The first-order chi connectivity index (χ1) is 18.5. The molecule has 0 saturated heterocycles. The highest BCUT2D eigenvalue weighted by Crippen LogP contribution is 2.46. The van der Waals surface area contributed by atoms with Crippen LogP contribution in [0.2, 0.25) is 0 Å². The maximum Gasteiger partial charge on any atom is 0.294 e. The molecule has 2 aromatic carbocycles. The van der Waals surface area contributed by atoms with Crippen molar-refractivity contribution in [1.29, 1.82) is 0 Å². The second-order valence-electron chi connectivity index (χ2n) is 8.84. The minimum atomic E-state index is -4.40. The van der Waals surface area contributed by atoms with Gasteiger partial charge in [-0.05, 0) is 49.7 Å². The summed E-state index contributed by atoms with van der Waals surface area (Å²) in [5.74, 6) is 0.253. The molecule has 0 fully saturated rings. The number of aromatic nitrogens is 1. The Kier molecular flexibility index (Phi) is 6.79. The Morgan fingerprint density at radius 3 is 2.51 bits per heavy atom. The Morgan fingerprint density at radius 1 is 1.13 bits per heavy atom. The molecule has 2 aliphatic heterocycles. The molecule has 5 rings (SSSR count). The van der Waals surface area contributed by atoms with Gasteiger partial charge in [-0.25, -0.2) is 0 Å². The predicted molar refractivity (Wildman–Crippen MR) is 154 cm³/mol. The van der Waals surface area contributed by atoms with Crippen LogP contribution in [0.3, 0.4) is 0 Å². The number of hydrazone groups is 1. The minimum Gasteiger partial charge on any atom is -0.497 e. The van der Waals surface area contributed by atoms with E-state index in [-0.39, 0.29) is 22.6 Å². The van der Waals surface area contributed by atoms with Crippen LogP contribution in [-0.4, -0.2) is 43.3 Å². The van der Waals surface area contributed by atoms with Crippen LogP contribution in [0.15, 0.2) is 68.7 Å². The summed E-state index contributed by atoms with van der Waals surface area (Å²) in [5.41, 5.74) is 2.14. The van der Waals surface area contributed by atoms with Crippen LogP contribution in [0.25, 0.3) is 10.6 Å². The molecule has 0 radical (unpaired) electrons. The fourth-order valence-electron chi connectivity index (χ4n) is 4.42. The Bertz CT molecular complexity index is 1890. The zero-order valence-electron chi connectivity index (χ0n) is 21.5. The molecule has 0 spiro atoms. The molecule has 202 valence electrons. The van der Waals surface area contributed by atoms with E-state index >= 15 is 0 Å². The largest absolute Gasteiger partial charge is 0.497 e. The van der Waals surface area contributed by atoms with Gasteiger partial charge in [-0.3, -0.25) is 18.7 Å². The van der Waals surface area contributed by atoms with E-state index in [4.69, 9.17) is 4.74 Å². The van der Waals surface area contributed by atoms with Gasteiger partial charge in [0.25, 0.3) is 21.6 Å². The summed E-state index contributed by atoms with van der Waals surface area (Å²) < 4.78 is 40.2. The van der Waals surface area contributed by atoms with Crippen LogP contribution in [0.4, 0.5) is 11.4 Å². The number of anilines is 2. The SMILES string of the molecule is C=CCn1c(=O)/c(=C2/Sc3ccc(OC)cc3N2C)s/c1=C1\C(=O)N(c2ccc(S(=O)(=O)O)cc2C)N=C1C. The molecule has 0 unspecified atom stereocenters. The summed E-state index contributed by atoms with van der Waals surface area (Å²) in [6, 6.07) is 9.61. The van der Waals surface area contributed by atoms with E-state index in [0.29, 0.717) is 31.9 Å². The van der Waals surface area contributed by atoms with Gasteiger partial charge in [0.15, 0.2) is 0 Å².